The summed E-state index contributed by atoms with van der Waals surface area (Å²) in [6, 6.07) is 7.29. The number of hydrogen-bond acceptors (Lipinski definition) is 4. The largest absolute Gasteiger partial charge is 0.487 e. The SMILES string of the molecule is CCOC(=O)CC1(O)CC(C)(C)Oc2ccccc21. The van der Waals surface area contributed by atoms with Crippen molar-refractivity contribution in [2.24, 2.45) is 0 Å². The molecule has 1 aliphatic heterocycles. The lowest BCUT2D eigenvalue weighted by atomic mass is 9.78. The van der Waals surface area contributed by atoms with Crippen LogP contribution in [0.1, 0.15) is 39.2 Å². The van der Waals surface area contributed by atoms with Crippen LogP contribution in [0, 0.1) is 0 Å². The number of carbonyl (C=O) groups is 1. The van der Waals surface area contributed by atoms with Crippen LogP contribution < -0.4 is 4.74 Å². The van der Waals surface area contributed by atoms with Crippen molar-refractivity contribution in [1.29, 1.82) is 0 Å². The third-order valence-electron chi connectivity index (χ3n) is 3.23. The van der Waals surface area contributed by atoms with Crippen LogP contribution in [0.4, 0.5) is 0 Å². The van der Waals surface area contributed by atoms with E-state index in [1.807, 2.05) is 32.0 Å². The first-order valence-electron chi connectivity index (χ1n) is 6.53. The molecule has 4 heteroatoms. The summed E-state index contributed by atoms with van der Waals surface area (Å²) < 4.78 is 10.8. The maximum atomic E-state index is 11.7. The van der Waals surface area contributed by atoms with Crippen LogP contribution in [0.15, 0.2) is 24.3 Å². The van der Waals surface area contributed by atoms with Gasteiger partial charge in [-0.05, 0) is 26.8 Å². The molecule has 0 saturated heterocycles. The van der Waals surface area contributed by atoms with Crippen LogP contribution in [0.5, 0.6) is 5.75 Å². The number of benzene rings is 1. The van der Waals surface area contributed by atoms with Crippen molar-refractivity contribution in [2.75, 3.05) is 6.61 Å². The first-order valence-corrected chi connectivity index (χ1v) is 6.53. The molecule has 1 unspecified atom stereocenters. The second kappa shape index (κ2) is 4.85. The van der Waals surface area contributed by atoms with E-state index in [1.165, 1.54) is 0 Å². The topological polar surface area (TPSA) is 55.8 Å². The van der Waals surface area contributed by atoms with Crippen LogP contribution >= 0.6 is 0 Å². The molecule has 0 saturated carbocycles. The number of esters is 1. The highest BCUT2D eigenvalue weighted by atomic mass is 16.5. The van der Waals surface area contributed by atoms with E-state index < -0.39 is 17.2 Å². The fourth-order valence-corrected chi connectivity index (χ4v) is 2.68. The summed E-state index contributed by atoms with van der Waals surface area (Å²) in [4.78, 5) is 11.7. The molecule has 104 valence electrons. The number of fused-ring (bicyclic) bond motifs is 1. The first kappa shape index (κ1) is 13.9. The minimum Gasteiger partial charge on any atom is -0.487 e. The van der Waals surface area contributed by atoms with Crippen molar-refractivity contribution >= 4 is 5.97 Å². The van der Waals surface area contributed by atoms with Gasteiger partial charge >= 0.3 is 5.97 Å². The summed E-state index contributed by atoms with van der Waals surface area (Å²) in [6.45, 7) is 5.87. The molecular weight excluding hydrogens is 244 g/mol. The van der Waals surface area contributed by atoms with Crippen LogP contribution in [0.2, 0.25) is 0 Å². The van der Waals surface area contributed by atoms with Crippen molar-refractivity contribution < 1.29 is 19.4 Å². The first-order chi connectivity index (χ1) is 8.86. The van der Waals surface area contributed by atoms with Gasteiger partial charge in [0.2, 0.25) is 0 Å². The van der Waals surface area contributed by atoms with E-state index in [0.29, 0.717) is 24.3 Å². The molecule has 1 aromatic carbocycles. The molecular formula is C15H20O4. The molecule has 1 N–H and O–H groups in total. The number of aliphatic hydroxyl groups is 1. The minimum absolute atomic E-state index is 0.0509. The Kier molecular flexibility index (Phi) is 3.54. The molecule has 1 aliphatic rings. The standard InChI is InChI=1S/C15H20O4/c1-4-18-13(16)9-15(17)10-14(2,3)19-12-8-6-5-7-11(12)15/h5-8,17H,4,9-10H2,1-3H3. The van der Waals surface area contributed by atoms with E-state index in [9.17, 15) is 9.90 Å². The lowest BCUT2D eigenvalue weighted by molar-refractivity contribution is -0.153. The molecule has 4 nitrogen and oxygen atoms in total. The number of carbonyl (C=O) groups excluding carboxylic acids is 1. The molecule has 0 fully saturated rings. The predicted molar refractivity (Wildman–Crippen MR) is 70.9 cm³/mol. The van der Waals surface area contributed by atoms with Crippen LogP contribution in [0.25, 0.3) is 0 Å². The predicted octanol–water partition coefficient (Wildman–Crippen LogP) is 2.39. The zero-order chi connectivity index (χ0) is 14.1. The van der Waals surface area contributed by atoms with Crippen molar-refractivity contribution in [3.05, 3.63) is 29.8 Å². The third-order valence-corrected chi connectivity index (χ3v) is 3.23. The average molecular weight is 264 g/mol. The number of hydrogen-bond donors (Lipinski definition) is 1. The Hall–Kier alpha value is -1.55. The Morgan fingerprint density at radius 1 is 1.42 bits per heavy atom. The molecule has 0 radical (unpaired) electrons. The zero-order valence-electron chi connectivity index (χ0n) is 11.6. The molecule has 0 aliphatic carbocycles. The van der Waals surface area contributed by atoms with E-state index in [-0.39, 0.29) is 6.42 Å². The molecule has 19 heavy (non-hydrogen) atoms. The van der Waals surface area contributed by atoms with Gasteiger partial charge in [-0.2, -0.15) is 0 Å². The molecule has 0 aromatic heterocycles. The third kappa shape index (κ3) is 2.89. The summed E-state index contributed by atoms with van der Waals surface area (Å²) in [5.74, 6) is 0.239. The van der Waals surface area contributed by atoms with Crippen LogP contribution in [0.3, 0.4) is 0 Å². The van der Waals surface area contributed by atoms with E-state index in [0.717, 1.165) is 0 Å². The fraction of sp³-hybridized carbons (Fsp3) is 0.533. The van der Waals surface area contributed by atoms with Gasteiger partial charge in [0, 0.05) is 12.0 Å². The van der Waals surface area contributed by atoms with E-state index in [2.05, 4.69) is 0 Å². The fourth-order valence-electron chi connectivity index (χ4n) is 2.68. The normalized spacial score (nSPS) is 24.2. The number of ether oxygens (including phenoxy) is 2. The molecule has 1 aromatic rings. The van der Waals surface area contributed by atoms with Crippen molar-refractivity contribution in [3.63, 3.8) is 0 Å². The summed E-state index contributed by atoms with van der Waals surface area (Å²) in [7, 11) is 0. The van der Waals surface area contributed by atoms with Crippen molar-refractivity contribution in [3.8, 4) is 5.75 Å². The Bertz CT molecular complexity index is 481. The van der Waals surface area contributed by atoms with Gasteiger partial charge in [-0.15, -0.1) is 0 Å². The van der Waals surface area contributed by atoms with Crippen molar-refractivity contribution in [2.45, 2.75) is 44.8 Å². The van der Waals surface area contributed by atoms with Crippen LogP contribution in [-0.4, -0.2) is 23.3 Å². The van der Waals surface area contributed by atoms with Gasteiger partial charge in [-0.1, -0.05) is 18.2 Å². The summed E-state index contributed by atoms with van der Waals surface area (Å²) in [5.41, 5.74) is -1.09. The lowest BCUT2D eigenvalue weighted by Gasteiger charge is -2.42. The van der Waals surface area contributed by atoms with E-state index in [4.69, 9.17) is 9.47 Å². The van der Waals surface area contributed by atoms with E-state index in [1.54, 1.807) is 13.0 Å². The Balaban J connectivity index is 2.35. The smallest absolute Gasteiger partial charge is 0.309 e. The highest BCUT2D eigenvalue weighted by Gasteiger charge is 2.45. The molecule has 0 bridgehead atoms. The summed E-state index contributed by atoms with van der Waals surface area (Å²) in [5, 5.41) is 10.9. The molecule has 0 spiro atoms. The zero-order valence-corrected chi connectivity index (χ0v) is 11.6. The van der Waals surface area contributed by atoms with Gasteiger partial charge in [0.1, 0.15) is 17.0 Å². The molecule has 0 amide bonds. The Labute approximate surface area is 113 Å². The quantitative estimate of drug-likeness (QED) is 0.852. The maximum absolute atomic E-state index is 11.7. The summed E-state index contributed by atoms with van der Waals surface area (Å²) >= 11 is 0. The molecule has 2 rings (SSSR count). The van der Waals surface area contributed by atoms with Crippen LogP contribution in [-0.2, 0) is 15.1 Å². The Morgan fingerprint density at radius 2 is 2.11 bits per heavy atom. The van der Waals surface area contributed by atoms with Gasteiger partial charge in [0.05, 0.1) is 13.0 Å². The number of rotatable bonds is 3. The summed E-state index contributed by atoms with van der Waals surface area (Å²) in [6.07, 6.45) is 0.306. The van der Waals surface area contributed by atoms with Gasteiger partial charge in [-0.3, -0.25) is 4.79 Å². The molecule has 1 heterocycles. The lowest BCUT2D eigenvalue weighted by Crippen LogP contribution is -2.45. The van der Waals surface area contributed by atoms with Gasteiger partial charge in [0.25, 0.3) is 0 Å². The Morgan fingerprint density at radius 3 is 2.79 bits per heavy atom. The van der Waals surface area contributed by atoms with E-state index >= 15 is 0 Å². The van der Waals surface area contributed by atoms with Crippen molar-refractivity contribution in [1.82, 2.24) is 0 Å². The minimum atomic E-state index is -1.23. The second-order valence-electron chi connectivity index (χ2n) is 5.55. The van der Waals surface area contributed by atoms with Gasteiger partial charge in [-0.25, -0.2) is 0 Å². The van der Waals surface area contributed by atoms with Gasteiger partial charge in [0.15, 0.2) is 0 Å². The molecule has 1 atom stereocenters. The highest BCUT2D eigenvalue weighted by Crippen LogP contribution is 2.45. The number of para-hydroxylation sites is 1. The maximum Gasteiger partial charge on any atom is 0.309 e. The monoisotopic (exact) mass is 264 g/mol. The highest BCUT2D eigenvalue weighted by molar-refractivity contribution is 5.71. The average Bonchev–Trinajstić information content (AvgIpc) is 2.26. The van der Waals surface area contributed by atoms with Gasteiger partial charge < -0.3 is 14.6 Å². The second-order valence-corrected chi connectivity index (χ2v) is 5.55.